The van der Waals surface area contributed by atoms with Crippen molar-refractivity contribution >= 4 is 166 Å². The first-order valence-electron chi connectivity index (χ1n) is 20.3. The summed E-state index contributed by atoms with van der Waals surface area (Å²) in [7, 11) is 58.2. The summed E-state index contributed by atoms with van der Waals surface area (Å²) in [4.78, 5) is 33.5. The van der Waals surface area contributed by atoms with Crippen LogP contribution < -0.4 is 20.9 Å². The van der Waals surface area contributed by atoms with Gasteiger partial charge in [0.15, 0.2) is 5.69 Å². The Morgan fingerprint density at radius 2 is 1.19 bits per heavy atom. The minimum atomic E-state index is -0.599. The summed E-state index contributed by atoms with van der Waals surface area (Å²) in [5.74, 6) is 2.21. The quantitative estimate of drug-likeness (QED) is 0.0618. The van der Waals surface area contributed by atoms with Gasteiger partial charge in [-0.1, -0.05) is 41.9 Å². The number of aliphatic hydroxyl groups is 1. The van der Waals surface area contributed by atoms with E-state index in [-0.39, 0.29) is 51.6 Å². The number of rotatable bonds is 11. The molecule has 0 saturated heterocycles. The molecule has 6 aromatic rings. The average molecular weight is 1080 g/mol. The number of hydrogen-bond acceptors (Lipinski definition) is 14. The third kappa shape index (κ3) is 38.4. The van der Waals surface area contributed by atoms with E-state index in [4.69, 9.17) is 140 Å². The molecule has 6 rings (SSSR count). The molecule has 3 aromatic carbocycles. The van der Waals surface area contributed by atoms with Crippen LogP contribution in [0.15, 0.2) is 128 Å². The predicted molar refractivity (Wildman–Crippen MR) is 314 cm³/mol. The van der Waals surface area contributed by atoms with Gasteiger partial charge in [0.25, 0.3) is 0 Å². The third-order valence-electron chi connectivity index (χ3n) is 7.41. The molecule has 0 saturated carbocycles. The van der Waals surface area contributed by atoms with Crippen LogP contribution in [-0.2, 0) is 27.0 Å². The summed E-state index contributed by atoms with van der Waals surface area (Å²) in [6.45, 7) is 7.05. The second-order valence-corrected chi connectivity index (χ2v) is 13.6. The first-order valence-corrected chi connectivity index (χ1v) is 20.7. The molecule has 37 heteroatoms. The van der Waals surface area contributed by atoms with E-state index < -0.39 is 35.4 Å². The van der Waals surface area contributed by atoms with Gasteiger partial charge in [0.05, 0.1) is 35.4 Å². The largest absolute Gasteiger partial charge is 0.509 e. The van der Waals surface area contributed by atoms with E-state index in [0.717, 1.165) is 18.4 Å². The molecule has 75 heavy (non-hydrogen) atoms. The number of ether oxygens (including phenoxy) is 2. The van der Waals surface area contributed by atoms with Crippen LogP contribution >= 0.6 is 11.6 Å². The van der Waals surface area contributed by atoms with Crippen LogP contribution in [0.5, 0.6) is 28.7 Å². The van der Waals surface area contributed by atoms with Gasteiger partial charge in [0, 0.05) is 190 Å². The van der Waals surface area contributed by atoms with Crippen molar-refractivity contribution < 1.29 is 50.0 Å². The van der Waals surface area contributed by atoms with Crippen molar-refractivity contribution in [1.29, 1.82) is 5.26 Å². The van der Waals surface area contributed by atoms with Crippen LogP contribution in [0.1, 0.15) is 11.1 Å². The van der Waals surface area contributed by atoms with E-state index in [1.54, 1.807) is 54.7 Å². The Labute approximate surface area is 476 Å². The number of anilines is 1. The minimum Gasteiger partial charge on any atom is -0.509 e. The number of benzene rings is 3. The Balaban J connectivity index is -0.000000406. The Kier molecular flexibility index (Phi) is 45.9. The molecule has 3 aromatic heterocycles. The molecule has 17 nitrogen and oxygen atoms in total. The van der Waals surface area contributed by atoms with Crippen LogP contribution in [0.2, 0.25) is 5.02 Å². The minimum absolute atomic E-state index is 0. The molecular weight excluding hydrogens is 1050 g/mol. The van der Waals surface area contributed by atoms with E-state index in [2.05, 4.69) is 19.8 Å². The fourth-order valence-corrected chi connectivity index (χ4v) is 4.03. The van der Waals surface area contributed by atoms with Gasteiger partial charge in [-0.15, -0.1) is 0 Å². The van der Waals surface area contributed by atoms with E-state index in [1.807, 2.05) is 30.3 Å². The topological polar surface area (TPSA) is 264 Å². The smallest absolute Gasteiger partial charge is 0.367 e. The first kappa shape index (κ1) is 75.6. The SMILES string of the molecule is CO.N#Cc1cccc(Oc2ccnc([N+](=O)[O-])c2)c1.NCc1cccc(Oc2ccnc(N)c2)c1.O=[N+]([O-])c1cc(Cl)ccn1.[B]B([B])B([B])[B].[B][B]B([B])B([B])[B].[B][B]B([B])[B].[C-]#[N+]c1cccc(O)c1.[CH3-].[Pd]. The standard InChI is InChI=1S/C12H7N3O3.C12H13N3O.C7H5NO.C5H3ClN2O2.CH4O.CH3.B7.B6.B5.Pd/c13-8-9-2-1-3-10(6-9)18-11-4-5-14-12(7-11)15(16)17;13-8-9-2-1-3-10(6-9)16-11-4-5-15-12(14)7-11;1-8-6-3-2-4-7(9)5-6;6-4-1-2-7-5(3-4)8(9)10;1-2;;1-5-7(4)6(2)3;1-5(2)6(3)4;1-4-5(2)3;/h1-7H;1-7H,8,13H2,(H2,14,15);2-5,9H;1-3H;2H,1H3;1H3;;;;/q;;;;;-1;;;;. The van der Waals surface area contributed by atoms with Gasteiger partial charge in [0.2, 0.25) is 0 Å². The van der Waals surface area contributed by atoms with Crippen LogP contribution in [0, 0.1) is 45.6 Å². The molecule has 0 aliphatic rings. The number of nitrogen functional groups attached to an aromatic ring is 1. The predicted octanol–water partition coefficient (Wildman–Crippen LogP) is 1.36. The Hall–Kier alpha value is -5.87. The monoisotopic (exact) mass is 1080 g/mol. The maximum Gasteiger partial charge on any atom is 0.367 e. The van der Waals surface area contributed by atoms with Gasteiger partial charge in [-0.25, -0.2) is 9.83 Å². The molecule has 24 radical (unpaired) electrons. The molecule has 0 fully saturated rings. The van der Waals surface area contributed by atoms with Crippen molar-refractivity contribution in [2.45, 2.75) is 6.54 Å². The number of pyridine rings is 3. The molecular formula is C38H35B18ClN9O8Pd-. The van der Waals surface area contributed by atoms with E-state index in [1.165, 1.54) is 62.9 Å². The molecule has 0 amide bonds. The van der Waals surface area contributed by atoms with Gasteiger partial charge in [0.1, 0.15) is 47.0 Å². The Morgan fingerprint density at radius 3 is 1.57 bits per heavy atom. The van der Waals surface area contributed by atoms with Crippen LogP contribution in [0.3, 0.4) is 0 Å². The summed E-state index contributed by atoms with van der Waals surface area (Å²) in [6, 6.07) is 31.2. The number of hydrogen-bond donors (Lipinski definition) is 4. The Morgan fingerprint density at radius 1 is 0.720 bits per heavy atom. The average Bonchev–Trinajstić information content (AvgIpc) is 3.38. The maximum atomic E-state index is 10.6. The summed E-state index contributed by atoms with van der Waals surface area (Å²) in [5.41, 5.74) is 13.1. The third-order valence-corrected chi connectivity index (χ3v) is 7.65. The van der Waals surface area contributed by atoms with Gasteiger partial charge < -0.3 is 58.8 Å². The molecule has 0 aliphatic carbocycles. The zero-order chi connectivity index (χ0) is 55.9. The Bertz CT molecular complexity index is 2600. The van der Waals surface area contributed by atoms with Crippen molar-refractivity contribution in [3.63, 3.8) is 0 Å². The van der Waals surface area contributed by atoms with Gasteiger partial charge in [-0.2, -0.15) is 5.26 Å². The number of nitriles is 1. The summed E-state index contributed by atoms with van der Waals surface area (Å²) >= 11 is 5.44. The zero-order valence-corrected chi connectivity index (χ0v) is 42.9. The van der Waals surface area contributed by atoms with E-state index in [0.29, 0.717) is 45.9 Å². The first-order chi connectivity index (χ1) is 34.6. The van der Waals surface area contributed by atoms with Crippen LogP contribution in [0.4, 0.5) is 23.1 Å². The number of nitrogens with zero attached hydrogens (tertiary/aromatic N) is 7. The van der Waals surface area contributed by atoms with Crippen LogP contribution in [0.25, 0.3) is 4.85 Å². The van der Waals surface area contributed by atoms with Crippen molar-refractivity contribution in [1.82, 2.24) is 15.0 Å². The van der Waals surface area contributed by atoms with Crippen molar-refractivity contribution in [3.8, 4) is 34.8 Å². The second-order valence-electron chi connectivity index (χ2n) is 13.2. The second kappa shape index (κ2) is 45.5. The molecule has 3 heterocycles. The van der Waals surface area contributed by atoms with Crippen molar-refractivity contribution in [2.75, 3.05) is 12.8 Å². The summed E-state index contributed by atoms with van der Waals surface area (Å²) in [5, 5.41) is 45.5. The number of aliphatic hydroxyl groups excluding tert-OH is 1. The molecule has 0 bridgehead atoms. The van der Waals surface area contributed by atoms with E-state index in [9.17, 15) is 20.2 Å². The zero-order valence-electron chi connectivity index (χ0n) is 40.5. The van der Waals surface area contributed by atoms with E-state index >= 15 is 0 Å². The molecule has 0 spiro atoms. The van der Waals surface area contributed by atoms with Gasteiger partial charge >= 0.3 is 11.6 Å². The molecule has 6 N–H and O–H groups in total. The molecule has 352 valence electrons. The van der Waals surface area contributed by atoms with Crippen molar-refractivity contribution in [3.05, 3.63) is 183 Å². The van der Waals surface area contributed by atoms with Crippen LogP contribution in [-0.4, -0.2) is 173 Å². The number of nitrogens with two attached hydrogens (primary N) is 2. The molecule has 0 aliphatic heterocycles. The summed E-state index contributed by atoms with van der Waals surface area (Å²) < 4.78 is 11.0. The van der Waals surface area contributed by atoms with Gasteiger partial charge in [-0.3, -0.25) is 0 Å². The van der Waals surface area contributed by atoms with Crippen molar-refractivity contribution in [2.24, 2.45) is 5.73 Å². The summed E-state index contributed by atoms with van der Waals surface area (Å²) in [6.07, 6.45) is 1.62. The normalized spacial score (nSPS) is 8.45. The number of phenols is 1. The number of nitro groups is 2. The molecule has 0 unspecified atom stereocenters. The number of phenolic OH excluding ortho intramolecular Hbond substituents is 1. The molecule has 0 atom stereocenters. The number of aromatic nitrogens is 3. The fourth-order valence-electron chi connectivity index (χ4n) is 3.88. The fraction of sp³-hybridized carbons (Fsp3) is 0.0526. The number of halogens is 1. The number of aromatic hydroxyl groups is 1. The maximum absolute atomic E-state index is 10.6. The van der Waals surface area contributed by atoms with Gasteiger partial charge in [-0.05, 0) is 73.9 Å².